The molecule has 0 amide bonds. The molecule has 4 nitrogen and oxygen atoms in total. The summed E-state index contributed by atoms with van der Waals surface area (Å²) in [5.41, 5.74) is 2.69. The van der Waals surface area contributed by atoms with E-state index in [2.05, 4.69) is 0 Å². The van der Waals surface area contributed by atoms with Crippen LogP contribution in [0.3, 0.4) is 0 Å². The number of hydrogen-bond donors (Lipinski definition) is 1. The molecule has 0 radical (unpaired) electrons. The predicted octanol–water partition coefficient (Wildman–Crippen LogP) is 2.05. The van der Waals surface area contributed by atoms with Crippen molar-refractivity contribution >= 4 is 11.9 Å². The van der Waals surface area contributed by atoms with Gasteiger partial charge in [-0.25, -0.2) is 4.79 Å². The molecule has 2 aromatic rings. The van der Waals surface area contributed by atoms with Crippen molar-refractivity contribution in [3.8, 4) is 0 Å². The van der Waals surface area contributed by atoms with Crippen LogP contribution in [0, 0.1) is 13.8 Å². The fourth-order valence-electron chi connectivity index (χ4n) is 1.39. The van der Waals surface area contributed by atoms with E-state index < -0.39 is 11.9 Å². The molecule has 0 aliphatic carbocycles. The summed E-state index contributed by atoms with van der Waals surface area (Å²) in [6.07, 6.45) is 0. The minimum absolute atomic E-state index is 0.227. The summed E-state index contributed by atoms with van der Waals surface area (Å²) in [5.74, 6) is -2.00. The molecule has 0 spiro atoms. The number of benzene rings is 2. The maximum absolute atomic E-state index is 10.3. The van der Waals surface area contributed by atoms with Gasteiger partial charge in [-0.2, -0.15) is 0 Å². The number of hydrogen-bond acceptors (Lipinski definition) is 3. The molecule has 0 aliphatic rings. The van der Waals surface area contributed by atoms with Gasteiger partial charge in [0.05, 0.1) is 11.5 Å². The molecule has 20 heavy (non-hydrogen) atoms. The van der Waals surface area contributed by atoms with Crippen molar-refractivity contribution in [1.82, 2.24) is 0 Å². The molecule has 0 heterocycles. The van der Waals surface area contributed by atoms with E-state index in [1.54, 1.807) is 36.4 Å². The number of carboxylic acids is 2. The van der Waals surface area contributed by atoms with Gasteiger partial charge in [-0.15, -0.1) is 0 Å². The highest BCUT2D eigenvalue weighted by Gasteiger charge is 1.98. The van der Waals surface area contributed by atoms with Gasteiger partial charge < -0.3 is 15.0 Å². The second-order valence-corrected chi connectivity index (χ2v) is 4.32. The van der Waals surface area contributed by atoms with Crippen molar-refractivity contribution in [2.75, 3.05) is 0 Å². The molecule has 2 aromatic carbocycles. The maximum atomic E-state index is 10.3. The van der Waals surface area contributed by atoms with Crippen molar-refractivity contribution in [2.24, 2.45) is 0 Å². The van der Waals surface area contributed by atoms with Crippen LogP contribution in [0.4, 0.5) is 0 Å². The Morgan fingerprint density at radius 1 is 0.800 bits per heavy atom. The van der Waals surface area contributed by atoms with Crippen LogP contribution in [-0.4, -0.2) is 17.0 Å². The topological polar surface area (TPSA) is 77.4 Å². The van der Waals surface area contributed by atoms with E-state index in [4.69, 9.17) is 5.11 Å². The molecule has 0 bridgehead atoms. The molecule has 4 heteroatoms. The molecule has 0 saturated heterocycles. The summed E-state index contributed by atoms with van der Waals surface area (Å²) in [7, 11) is 0. The number of rotatable bonds is 2. The van der Waals surface area contributed by atoms with Crippen molar-refractivity contribution in [3.63, 3.8) is 0 Å². The highest BCUT2D eigenvalue weighted by molar-refractivity contribution is 5.87. The SMILES string of the molecule is Cc1ccc(C(=O)O)cc1.Cc1ccc(C(=O)[O-])cc1. The van der Waals surface area contributed by atoms with Crippen molar-refractivity contribution in [2.45, 2.75) is 13.8 Å². The second-order valence-electron chi connectivity index (χ2n) is 4.32. The average molecular weight is 271 g/mol. The molecule has 0 aliphatic heterocycles. The fourth-order valence-corrected chi connectivity index (χ4v) is 1.39. The largest absolute Gasteiger partial charge is 0.545 e. The lowest BCUT2D eigenvalue weighted by molar-refractivity contribution is -0.255. The first-order valence-electron chi connectivity index (χ1n) is 5.98. The normalized spacial score (nSPS) is 9.30. The Kier molecular flexibility index (Phi) is 5.47. The molecular weight excluding hydrogens is 256 g/mol. The summed E-state index contributed by atoms with van der Waals surface area (Å²) in [6.45, 7) is 3.82. The van der Waals surface area contributed by atoms with E-state index in [1.165, 1.54) is 12.1 Å². The van der Waals surface area contributed by atoms with E-state index in [0.717, 1.165) is 11.1 Å². The van der Waals surface area contributed by atoms with E-state index in [0.29, 0.717) is 5.56 Å². The Balaban J connectivity index is 0.000000200. The van der Waals surface area contributed by atoms with E-state index in [-0.39, 0.29) is 5.56 Å². The number of carboxylic acid groups (broad SMARTS) is 2. The van der Waals surface area contributed by atoms with Gasteiger partial charge in [-0.3, -0.25) is 0 Å². The van der Waals surface area contributed by atoms with Crippen LogP contribution in [0.1, 0.15) is 31.8 Å². The minimum atomic E-state index is -1.12. The third kappa shape index (κ3) is 4.94. The second kappa shape index (κ2) is 7.09. The molecule has 0 saturated carbocycles. The van der Waals surface area contributed by atoms with Gasteiger partial charge in [0.25, 0.3) is 0 Å². The van der Waals surface area contributed by atoms with Gasteiger partial charge in [0.2, 0.25) is 0 Å². The lowest BCUT2D eigenvalue weighted by Crippen LogP contribution is -2.21. The monoisotopic (exact) mass is 271 g/mol. The van der Waals surface area contributed by atoms with Crippen LogP contribution in [0.15, 0.2) is 48.5 Å². The maximum Gasteiger partial charge on any atom is 0.335 e. The molecule has 1 N–H and O–H groups in total. The Labute approximate surface area is 117 Å². The Bertz CT molecular complexity index is 527. The Hall–Kier alpha value is -2.62. The molecule has 0 fully saturated rings. The molecule has 0 aromatic heterocycles. The third-order valence-corrected chi connectivity index (χ3v) is 2.59. The fraction of sp³-hybridized carbons (Fsp3) is 0.125. The van der Waals surface area contributed by atoms with Gasteiger partial charge in [0.15, 0.2) is 0 Å². The van der Waals surface area contributed by atoms with Crippen molar-refractivity contribution in [3.05, 3.63) is 70.8 Å². The first kappa shape index (κ1) is 15.4. The van der Waals surface area contributed by atoms with Gasteiger partial charge >= 0.3 is 5.97 Å². The van der Waals surface area contributed by atoms with E-state index in [9.17, 15) is 14.7 Å². The summed E-state index contributed by atoms with van der Waals surface area (Å²) in [5, 5.41) is 18.7. The molecule has 2 rings (SSSR count). The van der Waals surface area contributed by atoms with E-state index >= 15 is 0 Å². The van der Waals surface area contributed by atoms with Crippen LogP contribution in [0.5, 0.6) is 0 Å². The quantitative estimate of drug-likeness (QED) is 0.906. The predicted molar refractivity (Wildman–Crippen MR) is 73.6 cm³/mol. The standard InChI is InChI=1S/2C8H8O2/c2*1-6-2-4-7(5-3-6)8(9)10/h2*2-5H,1H3,(H,9,10)/p-1. The lowest BCUT2D eigenvalue weighted by atomic mass is 10.2. The third-order valence-electron chi connectivity index (χ3n) is 2.59. The van der Waals surface area contributed by atoms with Gasteiger partial charge in [0.1, 0.15) is 0 Å². The molecule has 104 valence electrons. The number of carbonyl (C=O) groups excluding carboxylic acids is 1. The Morgan fingerprint density at radius 3 is 1.45 bits per heavy atom. The first-order chi connectivity index (χ1) is 9.40. The Morgan fingerprint density at radius 2 is 1.15 bits per heavy atom. The molecule has 0 unspecified atom stereocenters. The zero-order valence-corrected chi connectivity index (χ0v) is 11.3. The minimum Gasteiger partial charge on any atom is -0.545 e. The van der Waals surface area contributed by atoms with Crippen LogP contribution in [0.25, 0.3) is 0 Å². The first-order valence-corrected chi connectivity index (χ1v) is 5.98. The van der Waals surface area contributed by atoms with Crippen molar-refractivity contribution in [1.29, 1.82) is 0 Å². The average Bonchev–Trinajstić information content (AvgIpc) is 2.40. The van der Waals surface area contributed by atoms with Crippen LogP contribution >= 0.6 is 0 Å². The lowest BCUT2D eigenvalue weighted by Gasteiger charge is -2.00. The highest BCUT2D eigenvalue weighted by Crippen LogP contribution is 2.02. The van der Waals surface area contributed by atoms with Gasteiger partial charge in [0, 0.05) is 0 Å². The summed E-state index contributed by atoms with van der Waals surface area (Å²) in [4.78, 5) is 20.5. The molecule has 0 atom stereocenters. The van der Waals surface area contributed by atoms with Crippen LogP contribution < -0.4 is 5.11 Å². The van der Waals surface area contributed by atoms with E-state index in [1.807, 2.05) is 13.8 Å². The smallest absolute Gasteiger partial charge is 0.335 e. The van der Waals surface area contributed by atoms with Crippen LogP contribution in [0.2, 0.25) is 0 Å². The van der Waals surface area contributed by atoms with Gasteiger partial charge in [-0.1, -0.05) is 47.5 Å². The summed E-state index contributed by atoms with van der Waals surface area (Å²) < 4.78 is 0. The van der Waals surface area contributed by atoms with Gasteiger partial charge in [-0.05, 0) is 31.5 Å². The van der Waals surface area contributed by atoms with Crippen molar-refractivity contribution < 1.29 is 19.8 Å². The number of aromatic carboxylic acids is 2. The highest BCUT2D eigenvalue weighted by atomic mass is 16.4. The summed E-state index contributed by atoms with van der Waals surface area (Å²) >= 11 is 0. The molecular formula is C16H15O4-. The number of carbonyl (C=O) groups is 2. The number of aryl methyl sites for hydroxylation is 2. The summed E-state index contributed by atoms with van der Waals surface area (Å²) in [6, 6.07) is 13.3. The zero-order chi connectivity index (χ0) is 15.1. The zero-order valence-electron chi connectivity index (χ0n) is 11.3. The van der Waals surface area contributed by atoms with Crippen LogP contribution in [-0.2, 0) is 0 Å².